The third-order valence-corrected chi connectivity index (χ3v) is 4.43. The van der Waals surface area contributed by atoms with Gasteiger partial charge in [0.2, 0.25) is 0 Å². The molecule has 2 aliphatic carbocycles. The molecule has 0 radical (unpaired) electrons. The molecule has 1 aromatic heterocycles. The molecule has 1 aromatic carbocycles. The zero-order chi connectivity index (χ0) is 10.8. The van der Waals surface area contributed by atoms with Gasteiger partial charge >= 0.3 is 0 Å². The number of nitrogens with one attached hydrogen (secondary N) is 1. The fourth-order valence-corrected chi connectivity index (χ4v) is 3.06. The Morgan fingerprint density at radius 1 is 1.12 bits per heavy atom. The molecule has 3 N–H and O–H groups in total. The second kappa shape index (κ2) is 2.48. The average molecular weight is 213 g/mol. The lowest BCUT2D eigenvalue weighted by Gasteiger charge is -2.21. The predicted molar refractivity (Wildman–Crippen MR) is 63.2 cm³/mol. The van der Waals surface area contributed by atoms with Crippen molar-refractivity contribution in [3.63, 3.8) is 0 Å². The molecule has 16 heavy (non-hydrogen) atoms. The average Bonchev–Trinajstić information content (AvgIpc) is 3.20. The second-order valence-electron chi connectivity index (χ2n) is 5.35. The first-order chi connectivity index (χ1) is 7.75. The highest BCUT2D eigenvalue weighted by Gasteiger charge is 2.65. The van der Waals surface area contributed by atoms with E-state index in [0.717, 1.165) is 5.52 Å². The number of H-pyrrole nitrogens is 1. The smallest absolute Gasteiger partial charge is 0.0923 e. The molecular weight excluding hydrogens is 198 g/mol. The van der Waals surface area contributed by atoms with Crippen molar-refractivity contribution >= 4 is 10.9 Å². The summed E-state index contributed by atoms with van der Waals surface area (Å²) in [6.07, 6.45) is 4.77. The Morgan fingerprint density at radius 2 is 1.88 bits per heavy atom. The quantitative estimate of drug-likeness (QED) is 0.802. The number of rotatable bonds is 2. The highest BCUT2D eigenvalue weighted by molar-refractivity contribution is 5.83. The Kier molecular flexibility index (Phi) is 1.36. The van der Waals surface area contributed by atoms with Gasteiger partial charge in [-0.1, -0.05) is 18.2 Å². The maximum absolute atomic E-state index is 6.42. The summed E-state index contributed by atoms with van der Waals surface area (Å²) in [5.41, 5.74) is 9.03. The van der Waals surface area contributed by atoms with Crippen LogP contribution < -0.4 is 5.73 Å². The number of aromatic amines is 1. The van der Waals surface area contributed by atoms with E-state index in [1.807, 2.05) is 6.07 Å². The van der Waals surface area contributed by atoms with E-state index in [9.17, 15) is 0 Å². The molecule has 0 aliphatic heterocycles. The van der Waals surface area contributed by atoms with Gasteiger partial charge in [0, 0.05) is 16.3 Å². The molecular formula is C13H15N3. The summed E-state index contributed by atoms with van der Waals surface area (Å²) in [6, 6.07) is 8.32. The van der Waals surface area contributed by atoms with Crippen LogP contribution in [0.15, 0.2) is 24.3 Å². The van der Waals surface area contributed by atoms with Gasteiger partial charge in [0.1, 0.15) is 0 Å². The van der Waals surface area contributed by atoms with E-state index in [1.165, 1.54) is 36.8 Å². The number of nitrogens with two attached hydrogens (primary N) is 1. The first-order valence-electron chi connectivity index (χ1n) is 5.98. The van der Waals surface area contributed by atoms with Crippen molar-refractivity contribution in [3.8, 4) is 0 Å². The monoisotopic (exact) mass is 213 g/mol. The Bertz CT molecular complexity index is 561. The van der Waals surface area contributed by atoms with Crippen molar-refractivity contribution in [2.24, 2.45) is 5.73 Å². The molecule has 0 spiro atoms. The van der Waals surface area contributed by atoms with E-state index in [-0.39, 0.29) is 11.0 Å². The fraction of sp³-hybridized carbons (Fsp3) is 0.462. The van der Waals surface area contributed by atoms with Gasteiger partial charge in [0.25, 0.3) is 0 Å². The van der Waals surface area contributed by atoms with Gasteiger partial charge in [-0.2, -0.15) is 5.10 Å². The summed E-state index contributed by atoms with van der Waals surface area (Å²) >= 11 is 0. The van der Waals surface area contributed by atoms with Crippen LogP contribution in [0.2, 0.25) is 0 Å². The van der Waals surface area contributed by atoms with Crippen LogP contribution in [0.25, 0.3) is 10.9 Å². The maximum atomic E-state index is 6.42. The molecule has 0 unspecified atom stereocenters. The van der Waals surface area contributed by atoms with Gasteiger partial charge in [0.05, 0.1) is 11.2 Å². The van der Waals surface area contributed by atoms with Crippen molar-refractivity contribution in [3.05, 3.63) is 30.0 Å². The minimum Gasteiger partial charge on any atom is -0.324 e. The van der Waals surface area contributed by atoms with Gasteiger partial charge < -0.3 is 5.73 Å². The largest absolute Gasteiger partial charge is 0.324 e. The highest BCUT2D eigenvalue weighted by atomic mass is 15.1. The Hall–Kier alpha value is -1.35. The van der Waals surface area contributed by atoms with Gasteiger partial charge in [-0.3, -0.25) is 5.10 Å². The van der Waals surface area contributed by atoms with E-state index in [2.05, 4.69) is 28.4 Å². The Morgan fingerprint density at radius 3 is 2.56 bits per heavy atom. The van der Waals surface area contributed by atoms with E-state index in [1.54, 1.807) is 0 Å². The van der Waals surface area contributed by atoms with E-state index >= 15 is 0 Å². The van der Waals surface area contributed by atoms with Crippen LogP contribution in [0.5, 0.6) is 0 Å². The van der Waals surface area contributed by atoms with Crippen LogP contribution in [0, 0.1) is 0 Å². The normalized spacial score (nSPS) is 24.6. The minimum atomic E-state index is 0.0578. The first kappa shape index (κ1) is 8.76. The van der Waals surface area contributed by atoms with Gasteiger partial charge in [-0.05, 0) is 31.7 Å². The van der Waals surface area contributed by atoms with Crippen molar-refractivity contribution in [2.75, 3.05) is 0 Å². The van der Waals surface area contributed by atoms with Gasteiger partial charge in [-0.25, -0.2) is 0 Å². The molecule has 0 atom stereocenters. The molecule has 2 saturated carbocycles. The van der Waals surface area contributed by atoms with Crippen LogP contribution in [0.4, 0.5) is 0 Å². The lowest BCUT2D eigenvalue weighted by atomic mass is 9.89. The SMILES string of the molecule is NC1(C2(c3[nH]nc4ccccc34)CC2)CC1. The third-order valence-electron chi connectivity index (χ3n) is 4.43. The van der Waals surface area contributed by atoms with Gasteiger partial charge in [-0.15, -0.1) is 0 Å². The van der Waals surface area contributed by atoms with E-state index in [4.69, 9.17) is 5.73 Å². The number of fused-ring (bicyclic) bond motifs is 1. The first-order valence-corrected chi connectivity index (χ1v) is 5.98. The van der Waals surface area contributed by atoms with Crippen molar-refractivity contribution < 1.29 is 0 Å². The fourth-order valence-electron chi connectivity index (χ4n) is 3.06. The third kappa shape index (κ3) is 0.901. The summed E-state index contributed by atoms with van der Waals surface area (Å²) in [4.78, 5) is 0. The summed E-state index contributed by atoms with van der Waals surface area (Å²) in [6.45, 7) is 0. The molecule has 2 aliphatic rings. The zero-order valence-electron chi connectivity index (χ0n) is 9.16. The van der Waals surface area contributed by atoms with Crippen LogP contribution in [0.1, 0.15) is 31.4 Å². The molecule has 3 heteroatoms. The topological polar surface area (TPSA) is 54.7 Å². The number of hydrogen-bond donors (Lipinski definition) is 2. The maximum Gasteiger partial charge on any atom is 0.0923 e. The Labute approximate surface area is 94.0 Å². The molecule has 1 heterocycles. The van der Waals surface area contributed by atoms with Crippen LogP contribution in [-0.4, -0.2) is 15.7 Å². The molecule has 2 aromatic rings. The Balaban J connectivity index is 1.94. The van der Waals surface area contributed by atoms with Crippen molar-refractivity contribution in [2.45, 2.75) is 36.6 Å². The summed E-state index contributed by atoms with van der Waals surface area (Å²) in [7, 11) is 0. The van der Waals surface area contributed by atoms with E-state index < -0.39 is 0 Å². The molecule has 82 valence electrons. The molecule has 0 bridgehead atoms. The molecule has 3 nitrogen and oxygen atoms in total. The van der Waals surface area contributed by atoms with Gasteiger partial charge in [0.15, 0.2) is 0 Å². The van der Waals surface area contributed by atoms with Crippen LogP contribution in [0.3, 0.4) is 0 Å². The van der Waals surface area contributed by atoms with Crippen molar-refractivity contribution in [1.82, 2.24) is 10.2 Å². The summed E-state index contributed by atoms with van der Waals surface area (Å²) < 4.78 is 0. The van der Waals surface area contributed by atoms with Crippen molar-refractivity contribution in [1.29, 1.82) is 0 Å². The number of para-hydroxylation sites is 1. The predicted octanol–water partition coefficient (Wildman–Crippen LogP) is 2.09. The second-order valence-corrected chi connectivity index (χ2v) is 5.35. The highest BCUT2D eigenvalue weighted by Crippen LogP contribution is 2.63. The van der Waals surface area contributed by atoms with Crippen LogP contribution in [-0.2, 0) is 5.41 Å². The lowest BCUT2D eigenvalue weighted by molar-refractivity contribution is 0.493. The summed E-state index contributed by atoms with van der Waals surface area (Å²) in [5, 5.41) is 8.88. The molecule has 2 fully saturated rings. The zero-order valence-corrected chi connectivity index (χ0v) is 9.16. The van der Waals surface area contributed by atoms with Crippen LogP contribution >= 0.6 is 0 Å². The standard InChI is InChI=1S/C13H15N3/c14-13(7-8-13)12(5-6-12)11-9-3-1-2-4-10(9)15-16-11/h1-4H,5-8,14H2,(H,15,16). The summed E-state index contributed by atoms with van der Waals surface area (Å²) in [5.74, 6) is 0. The lowest BCUT2D eigenvalue weighted by Crippen LogP contribution is -2.37. The van der Waals surface area contributed by atoms with E-state index in [0.29, 0.717) is 0 Å². The number of aromatic nitrogens is 2. The number of benzene rings is 1. The molecule has 4 rings (SSSR count). The molecule has 0 saturated heterocycles. The minimum absolute atomic E-state index is 0.0578. The number of hydrogen-bond acceptors (Lipinski definition) is 2. The number of nitrogens with zero attached hydrogens (tertiary/aromatic N) is 1. The molecule has 0 amide bonds.